The van der Waals surface area contributed by atoms with E-state index < -0.39 is 17.6 Å². The summed E-state index contributed by atoms with van der Waals surface area (Å²) < 4.78 is 39.9. The number of anilines is 1. The fraction of sp³-hybridized carbons (Fsp3) is 0.176. The fourth-order valence-corrected chi connectivity index (χ4v) is 2.57. The molecule has 2 heterocycles. The van der Waals surface area contributed by atoms with E-state index in [9.17, 15) is 23.1 Å². The number of aryl methyl sites for hydroxylation is 2. The Morgan fingerprint density at radius 3 is 2.56 bits per heavy atom. The molecule has 3 rings (SSSR count). The van der Waals surface area contributed by atoms with E-state index in [1.54, 1.807) is 13.8 Å². The standard InChI is InChI=1S/C17H14F3N3O2/c1-9-7-12(24)4-5-13(9)22-16(25)15-10(2)21-14-6-3-11(8-23(14)15)17(18,19)20/h3-8,24H,1-2H3,(H,22,25). The number of nitrogens with zero attached hydrogens (tertiary/aromatic N) is 2. The summed E-state index contributed by atoms with van der Waals surface area (Å²) in [6, 6.07) is 6.54. The van der Waals surface area contributed by atoms with Gasteiger partial charge < -0.3 is 10.4 Å². The van der Waals surface area contributed by atoms with Crippen LogP contribution in [0.25, 0.3) is 5.65 Å². The highest BCUT2D eigenvalue weighted by Gasteiger charge is 2.31. The van der Waals surface area contributed by atoms with Crippen molar-refractivity contribution in [3.8, 4) is 5.75 Å². The molecule has 0 aliphatic heterocycles. The zero-order valence-corrected chi connectivity index (χ0v) is 13.3. The zero-order chi connectivity index (χ0) is 18.4. The summed E-state index contributed by atoms with van der Waals surface area (Å²) in [5.41, 5.74) is 0.784. The van der Waals surface area contributed by atoms with Crippen molar-refractivity contribution in [2.75, 3.05) is 5.32 Å². The van der Waals surface area contributed by atoms with Gasteiger partial charge in [0.05, 0.1) is 11.3 Å². The van der Waals surface area contributed by atoms with Crippen LogP contribution in [0.4, 0.5) is 18.9 Å². The van der Waals surface area contributed by atoms with Crippen molar-refractivity contribution in [1.82, 2.24) is 9.38 Å². The van der Waals surface area contributed by atoms with E-state index in [4.69, 9.17) is 0 Å². The van der Waals surface area contributed by atoms with Crippen LogP contribution in [0.5, 0.6) is 5.75 Å². The lowest BCUT2D eigenvalue weighted by atomic mass is 10.2. The van der Waals surface area contributed by atoms with Crippen LogP contribution >= 0.6 is 0 Å². The summed E-state index contributed by atoms with van der Waals surface area (Å²) in [6.07, 6.45) is -3.67. The number of carbonyl (C=O) groups excluding carboxylic acids is 1. The maximum Gasteiger partial charge on any atom is 0.417 e. The molecule has 0 aliphatic rings. The molecule has 0 radical (unpaired) electrons. The number of amides is 1. The molecule has 2 aromatic heterocycles. The van der Waals surface area contributed by atoms with Crippen molar-refractivity contribution >= 4 is 17.2 Å². The first-order valence-electron chi connectivity index (χ1n) is 7.33. The molecule has 1 amide bonds. The van der Waals surface area contributed by atoms with Crippen LogP contribution in [-0.4, -0.2) is 20.4 Å². The van der Waals surface area contributed by atoms with Gasteiger partial charge in [-0.1, -0.05) is 0 Å². The maximum absolute atomic E-state index is 12.9. The van der Waals surface area contributed by atoms with Gasteiger partial charge in [-0.3, -0.25) is 9.20 Å². The van der Waals surface area contributed by atoms with Crippen LogP contribution in [0.2, 0.25) is 0 Å². The number of phenolic OH excluding ortho intramolecular Hbond substituents is 1. The predicted molar refractivity (Wildman–Crippen MR) is 85.7 cm³/mol. The van der Waals surface area contributed by atoms with Crippen LogP contribution in [0.15, 0.2) is 36.5 Å². The number of benzene rings is 1. The first-order chi connectivity index (χ1) is 11.7. The highest BCUT2D eigenvalue weighted by atomic mass is 19.4. The number of aromatic hydroxyl groups is 1. The molecule has 0 fully saturated rings. The van der Waals surface area contributed by atoms with Gasteiger partial charge in [0.25, 0.3) is 5.91 Å². The number of pyridine rings is 1. The summed E-state index contributed by atoms with van der Waals surface area (Å²) in [7, 11) is 0. The molecular formula is C17H14F3N3O2. The molecule has 0 saturated heterocycles. The van der Waals surface area contributed by atoms with Gasteiger partial charge >= 0.3 is 6.18 Å². The van der Waals surface area contributed by atoms with Crippen molar-refractivity contribution in [3.05, 3.63) is 59.0 Å². The van der Waals surface area contributed by atoms with Gasteiger partial charge in [0, 0.05) is 11.9 Å². The molecule has 130 valence electrons. The summed E-state index contributed by atoms with van der Waals surface area (Å²) in [6.45, 7) is 3.25. The lowest BCUT2D eigenvalue weighted by molar-refractivity contribution is -0.137. The molecule has 0 saturated carbocycles. The normalized spacial score (nSPS) is 11.7. The van der Waals surface area contributed by atoms with Gasteiger partial charge in [0.1, 0.15) is 17.1 Å². The van der Waals surface area contributed by atoms with Crippen molar-refractivity contribution in [3.63, 3.8) is 0 Å². The third-order valence-electron chi connectivity index (χ3n) is 3.79. The van der Waals surface area contributed by atoms with Crippen LogP contribution in [-0.2, 0) is 6.18 Å². The lowest BCUT2D eigenvalue weighted by Gasteiger charge is -2.10. The second-order valence-electron chi connectivity index (χ2n) is 5.64. The SMILES string of the molecule is Cc1cc(O)ccc1NC(=O)c1c(C)nc2ccc(C(F)(F)F)cn12. The van der Waals surface area contributed by atoms with E-state index in [1.807, 2.05) is 0 Å². The Labute approximate surface area is 140 Å². The lowest BCUT2D eigenvalue weighted by Crippen LogP contribution is -2.17. The van der Waals surface area contributed by atoms with Crippen LogP contribution in [0, 0.1) is 13.8 Å². The van der Waals surface area contributed by atoms with Crippen molar-refractivity contribution in [2.24, 2.45) is 0 Å². The van der Waals surface area contributed by atoms with E-state index in [2.05, 4.69) is 10.3 Å². The third kappa shape index (κ3) is 3.15. The molecule has 0 atom stereocenters. The predicted octanol–water partition coefficient (Wildman–Crippen LogP) is 3.93. The number of alkyl halides is 3. The van der Waals surface area contributed by atoms with E-state index in [0.29, 0.717) is 16.9 Å². The minimum Gasteiger partial charge on any atom is -0.508 e. The maximum atomic E-state index is 12.9. The topological polar surface area (TPSA) is 66.6 Å². The molecule has 2 N–H and O–H groups in total. The summed E-state index contributed by atoms with van der Waals surface area (Å²) in [4.78, 5) is 16.7. The number of hydrogen-bond acceptors (Lipinski definition) is 3. The van der Waals surface area contributed by atoms with E-state index in [1.165, 1.54) is 24.3 Å². The minimum atomic E-state index is -4.52. The number of halogens is 3. The first kappa shape index (κ1) is 16.8. The van der Waals surface area contributed by atoms with Crippen molar-refractivity contribution < 1.29 is 23.1 Å². The number of imidazole rings is 1. The fourth-order valence-electron chi connectivity index (χ4n) is 2.57. The second kappa shape index (κ2) is 5.80. The minimum absolute atomic E-state index is 0.0218. The highest BCUT2D eigenvalue weighted by molar-refractivity contribution is 6.04. The zero-order valence-electron chi connectivity index (χ0n) is 13.3. The van der Waals surface area contributed by atoms with Crippen molar-refractivity contribution in [1.29, 1.82) is 0 Å². The molecule has 0 unspecified atom stereocenters. The smallest absolute Gasteiger partial charge is 0.417 e. The monoisotopic (exact) mass is 349 g/mol. The second-order valence-corrected chi connectivity index (χ2v) is 5.64. The molecule has 5 nitrogen and oxygen atoms in total. The largest absolute Gasteiger partial charge is 0.508 e. The number of nitrogens with one attached hydrogen (secondary N) is 1. The Bertz CT molecular complexity index is 977. The van der Waals surface area contributed by atoms with Crippen LogP contribution in [0.3, 0.4) is 0 Å². The quantitative estimate of drug-likeness (QED) is 0.689. The summed E-state index contributed by atoms with van der Waals surface area (Å²) in [5, 5.41) is 12.1. The average molecular weight is 349 g/mol. The first-order valence-corrected chi connectivity index (χ1v) is 7.33. The molecule has 3 aromatic rings. The van der Waals surface area contributed by atoms with Crippen LogP contribution < -0.4 is 5.32 Å². The molecule has 25 heavy (non-hydrogen) atoms. The Kier molecular flexibility index (Phi) is 3.90. The number of hydrogen-bond donors (Lipinski definition) is 2. The van der Waals surface area contributed by atoms with Gasteiger partial charge in [0.15, 0.2) is 0 Å². The van der Waals surface area contributed by atoms with Gasteiger partial charge in [-0.25, -0.2) is 4.98 Å². The number of aromatic nitrogens is 2. The number of rotatable bonds is 2. The molecule has 0 spiro atoms. The molecule has 8 heteroatoms. The van der Waals surface area contributed by atoms with Crippen molar-refractivity contribution in [2.45, 2.75) is 20.0 Å². The Morgan fingerprint density at radius 2 is 1.92 bits per heavy atom. The van der Waals surface area contributed by atoms with Gasteiger partial charge in [-0.05, 0) is 49.7 Å². The number of fused-ring (bicyclic) bond motifs is 1. The summed E-state index contributed by atoms with van der Waals surface area (Å²) in [5.74, 6) is -0.533. The van der Waals surface area contributed by atoms with E-state index in [-0.39, 0.29) is 17.1 Å². The Morgan fingerprint density at radius 1 is 1.20 bits per heavy atom. The Hall–Kier alpha value is -3.03. The van der Waals surface area contributed by atoms with E-state index >= 15 is 0 Å². The van der Waals surface area contributed by atoms with Gasteiger partial charge in [-0.2, -0.15) is 13.2 Å². The average Bonchev–Trinajstić information content (AvgIpc) is 2.84. The molecule has 1 aromatic carbocycles. The molecule has 0 aliphatic carbocycles. The Balaban J connectivity index is 2.04. The third-order valence-corrected chi connectivity index (χ3v) is 3.79. The molecular weight excluding hydrogens is 335 g/mol. The van der Waals surface area contributed by atoms with E-state index in [0.717, 1.165) is 16.7 Å². The number of carbonyl (C=O) groups is 1. The summed E-state index contributed by atoms with van der Waals surface area (Å²) >= 11 is 0. The molecule has 0 bridgehead atoms. The van der Waals surface area contributed by atoms with Gasteiger partial charge in [-0.15, -0.1) is 0 Å². The highest BCUT2D eigenvalue weighted by Crippen LogP contribution is 2.30. The van der Waals surface area contributed by atoms with Gasteiger partial charge in [0.2, 0.25) is 0 Å². The van der Waals surface area contributed by atoms with Crippen LogP contribution in [0.1, 0.15) is 27.3 Å². The number of phenols is 1.